The molecule has 0 radical (unpaired) electrons. The van der Waals surface area contributed by atoms with E-state index in [0.29, 0.717) is 5.39 Å². The van der Waals surface area contributed by atoms with E-state index in [1.807, 2.05) is 39.0 Å². The summed E-state index contributed by atoms with van der Waals surface area (Å²) in [5, 5.41) is 0.698. The van der Waals surface area contributed by atoms with Gasteiger partial charge in [-0.2, -0.15) is 0 Å². The molecule has 0 saturated heterocycles. The summed E-state index contributed by atoms with van der Waals surface area (Å²) >= 11 is 1.57. The van der Waals surface area contributed by atoms with E-state index in [9.17, 15) is 4.79 Å². The lowest BCUT2D eigenvalue weighted by molar-refractivity contribution is 1.03. The molecule has 0 spiro atoms. The molecule has 17 heavy (non-hydrogen) atoms. The average molecular weight is 244 g/mol. The number of hydrogen-bond donors (Lipinski definition) is 0. The second-order valence-corrected chi connectivity index (χ2v) is 5.43. The van der Waals surface area contributed by atoms with Crippen LogP contribution < -0.4 is 5.56 Å². The predicted molar refractivity (Wildman–Crippen MR) is 71.1 cm³/mol. The highest BCUT2D eigenvalue weighted by atomic mass is 32.1. The van der Waals surface area contributed by atoms with Crippen LogP contribution >= 0.6 is 11.3 Å². The Morgan fingerprint density at radius 2 is 2.00 bits per heavy atom. The van der Waals surface area contributed by atoms with Crippen LogP contribution in [0, 0.1) is 20.8 Å². The fourth-order valence-corrected chi connectivity index (χ4v) is 3.03. The van der Waals surface area contributed by atoms with Crippen LogP contribution in [0.25, 0.3) is 15.9 Å². The van der Waals surface area contributed by atoms with Crippen molar-refractivity contribution >= 4 is 27.2 Å². The summed E-state index contributed by atoms with van der Waals surface area (Å²) in [6.45, 7) is 5.97. The number of aromatic nitrogens is 2. The Morgan fingerprint density at radius 1 is 1.24 bits per heavy atom. The van der Waals surface area contributed by atoms with Crippen LogP contribution in [0.3, 0.4) is 0 Å². The molecule has 86 valence electrons. The van der Waals surface area contributed by atoms with Crippen LogP contribution in [0.2, 0.25) is 0 Å². The van der Waals surface area contributed by atoms with Gasteiger partial charge in [-0.3, -0.25) is 9.20 Å². The Morgan fingerprint density at radius 3 is 2.76 bits per heavy atom. The molecule has 0 saturated carbocycles. The number of thiazole rings is 1. The van der Waals surface area contributed by atoms with E-state index >= 15 is 0 Å². The van der Waals surface area contributed by atoms with E-state index in [4.69, 9.17) is 0 Å². The molecule has 2 heterocycles. The molecule has 0 fully saturated rings. The van der Waals surface area contributed by atoms with E-state index in [2.05, 4.69) is 4.98 Å². The average Bonchev–Trinajstić information content (AvgIpc) is 2.57. The van der Waals surface area contributed by atoms with Gasteiger partial charge in [0, 0.05) is 10.6 Å². The van der Waals surface area contributed by atoms with Crippen molar-refractivity contribution in [2.75, 3.05) is 0 Å². The van der Waals surface area contributed by atoms with E-state index in [1.165, 1.54) is 0 Å². The third kappa shape index (κ3) is 1.34. The lowest BCUT2D eigenvalue weighted by Crippen LogP contribution is -2.15. The third-order valence-electron chi connectivity index (χ3n) is 3.16. The molecule has 0 bridgehead atoms. The van der Waals surface area contributed by atoms with Crippen LogP contribution in [-0.2, 0) is 0 Å². The van der Waals surface area contributed by atoms with Gasteiger partial charge < -0.3 is 0 Å². The van der Waals surface area contributed by atoms with Gasteiger partial charge in [0.2, 0.25) is 0 Å². The Balaban J connectivity index is 2.67. The van der Waals surface area contributed by atoms with E-state index in [-0.39, 0.29) is 5.56 Å². The Bertz CT molecular complexity index is 798. The van der Waals surface area contributed by atoms with Gasteiger partial charge >= 0.3 is 0 Å². The van der Waals surface area contributed by atoms with E-state index in [0.717, 1.165) is 26.6 Å². The van der Waals surface area contributed by atoms with Crippen molar-refractivity contribution in [3.05, 3.63) is 44.7 Å². The molecule has 0 N–H and O–H groups in total. The summed E-state index contributed by atoms with van der Waals surface area (Å²) < 4.78 is 1.71. The number of fused-ring (bicyclic) bond motifs is 2. The highest BCUT2D eigenvalue weighted by Gasteiger charge is 2.12. The van der Waals surface area contributed by atoms with Crippen molar-refractivity contribution < 1.29 is 0 Å². The Hall–Kier alpha value is -1.68. The highest BCUT2D eigenvalue weighted by Crippen LogP contribution is 2.21. The van der Waals surface area contributed by atoms with Crippen molar-refractivity contribution in [1.82, 2.24) is 9.38 Å². The molecule has 3 aromatic rings. The van der Waals surface area contributed by atoms with Crippen molar-refractivity contribution in [3.63, 3.8) is 0 Å². The minimum atomic E-state index is 0.0375. The molecule has 0 atom stereocenters. The number of nitrogens with zero attached hydrogens (tertiary/aromatic N) is 2. The summed E-state index contributed by atoms with van der Waals surface area (Å²) in [6, 6.07) is 5.73. The molecule has 2 aromatic heterocycles. The van der Waals surface area contributed by atoms with Crippen molar-refractivity contribution in [3.8, 4) is 0 Å². The van der Waals surface area contributed by atoms with Gasteiger partial charge in [0.15, 0.2) is 4.96 Å². The van der Waals surface area contributed by atoms with E-state index in [1.54, 1.807) is 15.7 Å². The van der Waals surface area contributed by atoms with Gasteiger partial charge in [-0.05, 0) is 32.4 Å². The smallest absolute Gasteiger partial charge is 0.266 e. The standard InChI is InChI=1S/C13H12N2OS/c1-7-5-4-6-10-11(7)14-13-15(12(10)16)8(2)9(3)17-13/h4-6H,1-3H3. The zero-order chi connectivity index (χ0) is 12.2. The van der Waals surface area contributed by atoms with Gasteiger partial charge in [-0.15, -0.1) is 11.3 Å². The fraction of sp³-hybridized carbons (Fsp3) is 0.231. The van der Waals surface area contributed by atoms with Crippen LogP contribution in [0.15, 0.2) is 23.0 Å². The summed E-state index contributed by atoms with van der Waals surface area (Å²) in [5.41, 5.74) is 2.89. The normalized spacial score (nSPS) is 11.5. The summed E-state index contributed by atoms with van der Waals surface area (Å²) in [4.78, 5) is 18.9. The molecule has 3 nitrogen and oxygen atoms in total. The van der Waals surface area contributed by atoms with E-state index < -0.39 is 0 Å². The predicted octanol–water partition coefficient (Wildman–Crippen LogP) is 2.83. The molecule has 4 heteroatoms. The van der Waals surface area contributed by atoms with Crippen molar-refractivity contribution in [2.45, 2.75) is 20.8 Å². The maximum absolute atomic E-state index is 12.4. The first-order chi connectivity index (χ1) is 8.09. The summed E-state index contributed by atoms with van der Waals surface area (Å²) in [6.07, 6.45) is 0. The molecule has 0 aliphatic carbocycles. The topological polar surface area (TPSA) is 34.4 Å². The minimum absolute atomic E-state index is 0.0375. The molecule has 0 aliphatic heterocycles. The molecule has 1 aromatic carbocycles. The zero-order valence-corrected chi connectivity index (χ0v) is 10.8. The lowest BCUT2D eigenvalue weighted by Gasteiger charge is -2.02. The van der Waals surface area contributed by atoms with Crippen LogP contribution in [0.5, 0.6) is 0 Å². The van der Waals surface area contributed by atoms with Crippen molar-refractivity contribution in [2.24, 2.45) is 0 Å². The molecule has 0 amide bonds. The lowest BCUT2D eigenvalue weighted by atomic mass is 10.1. The van der Waals surface area contributed by atoms with Gasteiger partial charge in [0.25, 0.3) is 5.56 Å². The summed E-state index contributed by atoms with van der Waals surface area (Å²) in [5.74, 6) is 0. The minimum Gasteiger partial charge on any atom is -0.268 e. The third-order valence-corrected chi connectivity index (χ3v) is 4.22. The fourth-order valence-electron chi connectivity index (χ4n) is 2.07. The number of rotatable bonds is 0. The second kappa shape index (κ2) is 3.40. The van der Waals surface area contributed by atoms with Crippen molar-refractivity contribution in [1.29, 1.82) is 0 Å². The maximum Gasteiger partial charge on any atom is 0.266 e. The molecule has 0 unspecified atom stereocenters. The Kier molecular flexibility index (Phi) is 2.10. The first-order valence-electron chi connectivity index (χ1n) is 5.47. The highest BCUT2D eigenvalue weighted by molar-refractivity contribution is 7.17. The number of para-hydroxylation sites is 1. The largest absolute Gasteiger partial charge is 0.268 e. The first kappa shape index (κ1) is 10.5. The molecular formula is C13H12N2OS. The zero-order valence-electron chi connectivity index (χ0n) is 9.94. The summed E-state index contributed by atoms with van der Waals surface area (Å²) in [7, 11) is 0. The van der Waals surface area contributed by atoms with Gasteiger partial charge in [0.1, 0.15) is 0 Å². The SMILES string of the molecule is Cc1sc2nc3c(C)cccc3c(=O)n2c1C. The first-order valence-corrected chi connectivity index (χ1v) is 6.29. The van der Waals surface area contributed by atoms with Gasteiger partial charge in [-0.1, -0.05) is 12.1 Å². The number of aryl methyl sites for hydroxylation is 3. The van der Waals surface area contributed by atoms with Gasteiger partial charge in [0.05, 0.1) is 10.9 Å². The Labute approximate surface area is 102 Å². The van der Waals surface area contributed by atoms with Crippen LogP contribution in [0.4, 0.5) is 0 Å². The van der Waals surface area contributed by atoms with Gasteiger partial charge in [-0.25, -0.2) is 4.98 Å². The molecular weight excluding hydrogens is 232 g/mol. The second-order valence-electron chi connectivity index (χ2n) is 4.25. The van der Waals surface area contributed by atoms with Crippen LogP contribution in [0.1, 0.15) is 16.1 Å². The maximum atomic E-state index is 12.4. The molecule has 0 aliphatic rings. The monoisotopic (exact) mass is 244 g/mol. The van der Waals surface area contributed by atoms with Crippen LogP contribution in [-0.4, -0.2) is 9.38 Å². The molecule has 3 rings (SSSR count). The number of hydrogen-bond acceptors (Lipinski definition) is 3. The number of benzene rings is 1. The quantitative estimate of drug-likeness (QED) is 0.609.